The van der Waals surface area contributed by atoms with Crippen LogP contribution in [-0.2, 0) is 19.2 Å². The number of allylic oxidation sites excluding steroid dienone is 2. The molecule has 0 radical (unpaired) electrons. The zero-order valence-corrected chi connectivity index (χ0v) is 25.2. The van der Waals surface area contributed by atoms with E-state index in [0.717, 1.165) is 50.7 Å². The van der Waals surface area contributed by atoms with Crippen LogP contribution in [0.1, 0.15) is 98.3 Å². The molecule has 4 fully saturated rings. The highest BCUT2D eigenvalue weighted by atomic mass is 16.6. The van der Waals surface area contributed by atoms with E-state index in [1.54, 1.807) is 0 Å². The summed E-state index contributed by atoms with van der Waals surface area (Å²) < 4.78 is 5.77. The number of rotatable bonds is 7. The number of carboxylic acids is 1. The lowest BCUT2D eigenvalue weighted by atomic mass is 9.46. The molecule has 4 aliphatic carbocycles. The molecule has 1 amide bonds. The number of ether oxygens (including phenoxy) is 1. The first-order valence-electron chi connectivity index (χ1n) is 15.6. The summed E-state index contributed by atoms with van der Waals surface area (Å²) in [6.07, 6.45) is 17.0. The van der Waals surface area contributed by atoms with Gasteiger partial charge in [-0.05, 0) is 113 Å². The molecule has 41 heavy (non-hydrogen) atoms. The number of nitrogens with zero attached hydrogens (tertiary/aromatic N) is 1. The molecule has 5 rings (SSSR count). The van der Waals surface area contributed by atoms with Gasteiger partial charge in [0, 0.05) is 18.1 Å². The standard InChI is InChI=1S/C33H48N2O6/c1-6-33(39)15-11-26-24-8-7-22-17-23(9-13-31(22,4)25(24)10-14-32(26,33)5)35-41-20-28(36)34-27(18-29(37)38)21-12-16-40-30(2,3)19-21/h1,17,21,24-27,39H,7-16,18-20H2,2-5H3,(H,34,36)(H,37,38)/b35-23-/t21-,24-,25-,26+,27-,31-,32-,33-/m0/s1. The van der Waals surface area contributed by atoms with E-state index in [-0.39, 0.29) is 41.3 Å². The zero-order valence-electron chi connectivity index (χ0n) is 25.2. The van der Waals surface area contributed by atoms with E-state index in [0.29, 0.717) is 43.6 Å². The number of amides is 1. The van der Waals surface area contributed by atoms with Crippen LogP contribution in [0, 0.1) is 46.8 Å². The molecule has 5 aliphatic rings. The van der Waals surface area contributed by atoms with Gasteiger partial charge < -0.3 is 25.1 Å². The number of nitrogens with one attached hydrogen (secondary N) is 1. The molecule has 8 atom stereocenters. The predicted molar refractivity (Wildman–Crippen MR) is 156 cm³/mol. The molecule has 1 saturated heterocycles. The number of carbonyl (C=O) groups excluding carboxylic acids is 1. The maximum Gasteiger partial charge on any atom is 0.305 e. The number of terminal acetylenes is 1. The Morgan fingerprint density at radius 2 is 1.90 bits per heavy atom. The Bertz CT molecular complexity index is 1150. The third kappa shape index (κ3) is 5.57. The van der Waals surface area contributed by atoms with Crippen LogP contribution in [-0.4, -0.2) is 58.3 Å². The second-order valence-corrected chi connectivity index (χ2v) is 14.5. The van der Waals surface area contributed by atoms with Gasteiger partial charge in [-0.25, -0.2) is 0 Å². The van der Waals surface area contributed by atoms with Gasteiger partial charge in [0.05, 0.1) is 17.7 Å². The summed E-state index contributed by atoms with van der Waals surface area (Å²) in [4.78, 5) is 29.7. The molecule has 0 aromatic carbocycles. The quantitative estimate of drug-likeness (QED) is 0.299. The lowest BCUT2D eigenvalue weighted by Gasteiger charge is -2.58. The van der Waals surface area contributed by atoms with Gasteiger partial charge in [-0.2, -0.15) is 0 Å². The lowest BCUT2D eigenvalue weighted by Crippen LogP contribution is -2.54. The largest absolute Gasteiger partial charge is 0.481 e. The highest BCUT2D eigenvalue weighted by Gasteiger charge is 2.63. The Morgan fingerprint density at radius 3 is 2.61 bits per heavy atom. The number of carbonyl (C=O) groups is 2. The summed E-state index contributed by atoms with van der Waals surface area (Å²) in [6.45, 7) is 8.93. The van der Waals surface area contributed by atoms with E-state index < -0.39 is 17.6 Å². The van der Waals surface area contributed by atoms with Gasteiger partial charge >= 0.3 is 5.97 Å². The third-order valence-corrected chi connectivity index (χ3v) is 11.8. The zero-order chi connectivity index (χ0) is 29.6. The van der Waals surface area contributed by atoms with Gasteiger partial charge in [-0.3, -0.25) is 9.59 Å². The fraction of sp³-hybridized carbons (Fsp3) is 0.788. The number of hydrogen-bond acceptors (Lipinski definition) is 6. The van der Waals surface area contributed by atoms with E-state index in [4.69, 9.17) is 16.0 Å². The second kappa shape index (κ2) is 11.0. The van der Waals surface area contributed by atoms with E-state index in [1.165, 1.54) is 5.57 Å². The first-order valence-corrected chi connectivity index (χ1v) is 15.6. The number of aliphatic carboxylic acids is 1. The first kappa shape index (κ1) is 30.1. The minimum absolute atomic E-state index is 0.0308. The van der Waals surface area contributed by atoms with Crippen LogP contribution >= 0.6 is 0 Å². The molecule has 0 aromatic heterocycles. The molecule has 8 heteroatoms. The Balaban J connectivity index is 1.19. The molecule has 0 unspecified atom stereocenters. The van der Waals surface area contributed by atoms with Crippen molar-refractivity contribution < 1.29 is 29.4 Å². The smallest absolute Gasteiger partial charge is 0.305 e. The van der Waals surface area contributed by atoms with Crippen LogP contribution in [0.15, 0.2) is 16.8 Å². The molecular formula is C33H48N2O6. The number of carboxylic acid groups (broad SMARTS) is 1. The molecule has 1 aliphatic heterocycles. The normalized spacial score (nSPS) is 41.2. The monoisotopic (exact) mass is 568 g/mol. The lowest BCUT2D eigenvalue weighted by molar-refractivity contribution is -0.139. The van der Waals surface area contributed by atoms with Crippen molar-refractivity contribution in [3.63, 3.8) is 0 Å². The topological polar surface area (TPSA) is 117 Å². The summed E-state index contributed by atoms with van der Waals surface area (Å²) in [7, 11) is 0. The Labute approximate surface area is 244 Å². The minimum atomic E-state index is -0.981. The number of aliphatic hydroxyl groups is 1. The van der Waals surface area contributed by atoms with Crippen LogP contribution in [0.3, 0.4) is 0 Å². The summed E-state index contributed by atoms with van der Waals surface area (Å²) in [5.74, 6) is 3.14. The highest BCUT2D eigenvalue weighted by molar-refractivity contribution is 5.96. The Kier molecular flexibility index (Phi) is 8.10. The average molecular weight is 569 g/mol. The van der Waals surface area contributed by atoms with Crippen molar-refractivity contribution in [2.75, 3.05) is 13.2 Å². The van der Waals surface area contributed by atoms with Crippen molar-refractivity contribution in [3.05, 3.63) is 11.6 Å². The summed E-state index contributed by atoms with van der Waals surface area (Å²) in [6, 6.07) is -0.471. The summed E-state index contributed by atoms with van der Waals surface area (Å²) in [5, 5.41) is 27.9. The SMILES string of the molecule is C#C[C@]1(O)CC[C@@H]2[C@H]3CCC4=C/C(=N\OCC(=O)N[C@@H](CC(=O)O)[C@H]5CCOC(C)(C)C5)CC[C@]4(C)[C@H]3CC[C@@]21C. The Hall–Kier alpha value is -2.37. The summed E-state index contributed by atoms with van der Waals surface area (Å²) in [5.41, 5.74) is 0.883. The van der Waals surface area contributed by atoms with E-state index in [9.17, 15) is 19.8 Å². The minimum Gasteiger partial charge on any atom is -0.481 e. The fourth-order valence-corrected chi connectivity index (χ4v) is 9.46. The summed E-state index contributed by atoms with van der Waals surface area (Å²) >= 11 is 0. The van der Waals surface area contributed by atoms with E-state index in [1.807, 2.05) is 13.8 Å². The average Bonchev–Trinajstić information content (AvgIpc) is 3.18. The van der Waals surface area contributed by atoms with E-state index >= 15 is 0 Å². The highest BCUT2D eigenvalue weighted by Crippen LogP contribution is 2.67. The van der Waals surface area contributed by atoms with Crippen LogP contribution < -0.4 is 5.32 Å². The van der Waals surface area contributed by atoms with Crippen molar-refractivity contribution in [2.45, 2.75) is 116 Å². The first-order chi connectivity index (χ1) is 19.3. The van der Waals surface area contributed by atoms with Crippen LogP contribution in [0.2, 0.25) is 0 Å². The van der Waals surface area contributed by atoms with Crippen molar-refractivity contribution in [3.8, 4) is 12.3 Å². The van der Waals surface area contributed by atoms with Crippen molar-refractivity contribution in [1.29, 1.82) is 0 Å². The number of oxime groups is 1. The van der Waals surface area contributed by atoms with Crippen molar-refractivity contribution in [1.82, 2.24) is 5.32 Å². The van der Waals surface area contributed by atoms with Crippen LogP contribution in [0.4, 0.5) is 0 Å². The van der Waals surface area contributed by atoms with E-state index in [2.05, 4.69) is 36.3 Å². The molecule has 1 heterocycles. The molecule has 3 N–H and O–H groups in total. The second-order valence-electron chi connectivity index (χ2n) is 14.5. The molecule has 226 valence electrons. The van der Waals surface area contributed by atoms with Gasteiger partial charge in [0.15, 0.2) is 6.61 Å². The van der Waals surface area contributed by atoms with Crippen molar-refractivity contribution >= 4 is 17.6 Å². The third-order valence-electron chi connectivity index (χ3n) is 11.8. The van der Waals surface area contributed by atoms with Gasteiger partial charge in [-0.1, -0.05) is 30.5 Å². The molecule has 8 nitrogen and oxygen atoms in total. The molecule has 0 aromatic rings. The predicted octanol–water partition coefficient (Wildman–Crippen LogP) is 4.85. The molecule has 3 saturated carbocycles. The number of hydrogen-bond donors (Lipinski definition) is 3. The molecule has 0 bridgehead atoms. The van der Waals surface area contributed by atoms with Crippen LogP contribution in [0.25, 0.3) is 0 Å². The maximum absolute atomic E-state index is 12.7. The van der Waals surface area contributed by atoms with Gasteiger partial charge in [-0.15, -0.1) is 6.42 Å². The molecule has 0 spiro atoms. The van der Waals surface area contributed by atoms with Gasteiger partial charge in [0.1, 0.15) is 5.60 Å². The van der Waals surface area contributed by atoms with Gasteiger partial charge in [0.2, 0.25) is 0 Å². The van der Waals surface area contributed by atoms with Crippen LogP contribution in [0.5, 0.6) is 0 Å². The van der Waals surface area contributed by atoms with Gasteiger partial charge in [0.25, 0.3) is 5.91 Å². The maximum atomic E-state index is 12.7. The Morgan fingerprint density at radius 1 is 1.15 bits per heavy atom. The number of fused-ring (bicyclic) bond motifs is 5. The fourth-order valence-electron chi connectivity index (χ4n) is 9.46. The van der Waals surface area contributed by atoms with Crippen molar-refractivity contribution in [2.24, 2.45) is 39.7 Å². The molecular weight excluding hydrogens is 520 g/mol.